The van der Waals surface area contributed by atoms with Gasteiger partial charge in [0.2, 0.25) is 5.91 Å². The molecule has 1 rings (SSSR count). The Morgan fingerprint density at radius 1 is 1.21 bits per heavy atom. The fraction of sp³-hybridized carbons (Fsp3) is 0.833. The van der Waals surface area contributed by atoms with Crippen LogP contribution in [0.4, 0.5) is 0 Å². The van der Waals surface area contributed by atoms with Crippen LogP contribution in [0.5, 0.6) is 0 Å². The highest BCUT2D eigenvalue weighted by Crippen LogP contribution is 2.24. The monoisotopic (exact) mass is 293 g/mol. The first-order chi connectivity index (χ1) is 8.43. The lowest BCUT2D eigenvalue weighted by molar-refractivity contribution is -0.159. The van der Waals surface area contributed by atoms with Gasteiger partial charge in [0.05, 0.1) is 6.54 Å². The van der Waals surface area contributed by atoms with E-state index in [1.54, 1.807) is 28.3 Å². The molecule has 1 fully saturated rings. The molecule has 1 saturated heterocycles. The number of nitrogens with zero attached hydrogens (tertiary/aromatic N) is 2. The first kappa shape index (κ1) is 18.1. The van der Waals surface area contributed by atoms with E-state index in [1.165, 1.54) is 9.80 Å². The van der Waals surface area contributed by atoms with E-state index in [0.29, 0.717) is 12.8 Å². The van der Waals surface area contributed by atoms with Gasteiger partial charge >= 0.3 is 0 Å². The molecule has 1 heterocycles. The molecule has 0 atom stereocenters. The van der Waals surface area contributed by atoms with Crippen molar-refractivity contribution in [2.75, 3.05) is 47.9 Å². The van der Waals surface area contributed by atoms with E-state index < -0.39 is 5.60 Å². The standard InChI is InChI=1S/C12H23N3O3.ClH/c1-14(2)10(16)9-15(3)11(17)12(18-4)5-7-13-8-6-12;/h13H,5-9H2,1-4H3;1H. The molecule has 0 aromatic carbocycles. The molecule has 0 aliphatic carbocycles. The van der Waals surface area contributed by atoms with Crippen molar-refractivity contribution >= 4 is 24.2 Å². The number of piperidine rings is 1. The molecule has 6 nitrogen and oxygen atoms in total. The van der Waals surface area contributed by atoms with Crippen molar-refractivity contribution in [2.24, 2.45) is 0 Å². The summed E-state index contributed by atoms with van der Waals surface area (Å²) >= 11 is 0. The van der Waals surface area contributed by atoms with Crippen LogP contribution in [-0.2, 0) is 14.3 Å². The Morgan fingerprint density at radius 2 is 1.74 bits per heavy atom. The van der Waals surface area contributed by atoms with Gasteiger partial charge < -0.3 is 19.9 Å². The van der Waals surface area contributed by atoms with Crippen LogP contribution in [0, 0.1) is 0 Å². The van der Waals surface area contributed by atoms with Gasteiger partial charge in [-0.05, 0) is 25.9 Å². The molecular formula is C12H24ClN3O3. The third kappa shape index (κ3) is 4.33. The maximum absolute atomic E-state index is 12.4. The highest BCUT2D eigenvalue weighted by Gasteiger charge is 2.41. The van der Waals surface area contributed by atoms with Crippen molar-refractivity contribution in [3.63, 3.8) is 0 Å². The highest BCUT2D eigenvalue weighted by molar-refractivity contribution is 5.89. The zero-order valence-corrected chi connectivity index (χ0v) is 12.9. The minimum Gasteiger partial charge on any atom is -0.368 e. The molecule has 0 unspecified atom stereocenters. The topological polar surface area (TPSA) is 61.9 Å². The normalized spacial score (nSPS) is 17.3. The van der Waals surface area contributed by atoms with Gasteiger partial charge in [0, 0.05) is 28.3 Å². The summed E-state index contributed by atoms with van der Waals surface area (Å²) in [5.41, 5.74) is -0.771. The Balaban J connectivity index is 0.00000324. The van der Waals surface area contributed by atoms with Crippen LogP contribution in [0.3, 0.4) is 0 Å². The van der Waals surface area contributed by atoms with Gasteiger partial charge in [0.25, 0.3) is 5.91 Å². The van der Waals surface area contributed by atoms with E-state index >= 15 is 0 Å². The van der Waals surface area contributed by atoms with E-state index in [-0.39, 0.29) is 30.8 Å². The summed E-state index contributed by atoms with van der Waals surface area (Å²) in [5, 5.41) is 3.20. The second-order valence-corrected chi connectivity index (χ2v) is 4.90. The number of hydrogen-bond donors (Lipinski definition) is 1. The second-order valence-electron chi connectivity index (χ2n) is 4.90. The number of carbonyl (C=O) groups is 2. The summed E-state index contributed by atoms with van der Waals surface area (Å²) in [5.74, 6) is -0.201. The average molecular weight is 294 g/mol. The fourth-order valence-electron chi connectivity index (χ4n) is 2.10. The maximum Gasteiger partial charge on any atom is 0.255 e. The molecule has 0 aromatic heterocycles. The van der Waals surface area contributed by atoms with Crippen molar-refractivity contribution in [3.05, 3.63) is 0 Å². The number of ether oxygens (including phenoxy) is 1. The molecule has 1 aliphatic heterocycles. The number of carbonyl (C=O) groups excluding carboxylic acids is 2. The summed E-state index contributed by atoms with van der Waals surface area (Å²) in [6.45, 7) is 1.61. The third-order valence-electron chi connectivity index (χ3n) is 3.41. The van der Waals surface area contributed by atoms with Crippen molar-refractivity contribution in [1.29, 1.82) is 0 Å². The molecular weight excluding hydrogens is 270 g/mol. The number of hydrogen-bond acceptors (Lipinski definition) is 4. The van der Waals surface area contributed by atoms with Crippen LogP contribution in [-0.4, -0.2) is 75.1 Å². The Labute approximate surface area is 120 Å². The number of likely N-dealkylation sites (N-methyl/N-ethyl adjacent to an activating group) is 2. The number of methoxy groups -OCH3 is 1. The lowest BCUT2D eigenvalue weighted by atomic mass is 9.90. The van der Waals surface area contributed by atoms with Crippen LogP contribution >= 0.6 is 12.4 Å². The van der Waals surface area contributed by atoms with Gasteiger partial charge in [-0.1, -0.05) is 0 Å². The highest BCUT2D eigenvalue weighted by atomic mass is 35.5. The predicted octanol–water partition coefficient (Wildman–Crippen LogP) is -0.277. The molecule has 19 heavy (non-hydrogen) atoms. The quantitative estimate of drug-likeness (QED) is 0.775. The van der Waals surface area contributed by atoms with Crippen LogP contribution in [0.15, 0.2) is 0 Å². The third-order valence-corrected chi connectivity index (χ3v) is 3.41. The first-order valence-corrected chi connectivity index (χ1v) is 6.14. The van der Waals surface area contributed by atoms with Crippen LogP contribution in [0.1, 0.15) is 12.8 Å². The fourth-order valence-corrected chi connectivity index (χ4v) is 2.10. The summed E-state index contributed by atoms with van der Waals surface area (Å²) < 4.78 is 5.45. The summed E-state index contributed by atoms with van der Waals surface area (Å²) in [4.78, 5) is 27.0. The van der Waals surface area contributed by atoms with Gasteiger partial charge in [0.15, 0.2) is 0 Å². The number of rotatable bonds is 4. The lowest BCUT2D eigenvalue weighted by Gasteiger charge is -2.37. The molecule has 112 valence electrons. The largest absolute Gasteiger partial charge is 0.368 e. The minimum atomic E-state index is -0.771. The van der Waals surface area contributed by atoms with Crippen molar-refractivity contribution < 1.29 is 14.3 Å². The first-order valence-electron chi connectivity index (χ1n) is 6.14. The number of amides is 2. The molecule has 0 aromatic rings. The van der Waals surface area contributed by atoms with Crippen molar-refractivity contribution in [3.8, 4) is 0 Å². The van der Waals surface area contributed by atoms with Gasteiger partial charge in [-0.3, -0.25) is 9.59 Å². The molecule has 1 N–H and O–H groups in total. The lowest BCUT2D eigenvalue weighted by Crippen LogP contribution is -2.55. The summed E-state index contributed by atoms with van der Waals surface area (Å²) in [6, 6.07) is 0. The van der Waals surface area contributed by atoms with Gasteiger partial charge in [-0.25, -0.2) is 0 Å². The molecule has 7 heteroatoms. The zero-order chi connectivity index (χ0) is 13.8. The van der Waals surface area contributed by atoms with Crippen LogP contribution in [0.2, 0.25) is 0 Å². The molecule has 0 saturated carbocycles. The van der Waals surface area contributed by atoms with Crippen LogP contribution < -0.4 is 5.32 Å². The van der Waals surface area contributed by atoms with Crippen LogP contribution in [0.25, 0.3) is 0 Å². The SMILES string of the molecule is COC1(C(=O)N(C)CC(=O)N(C)C)CCNCC1.Cl. The Kier molecular flexibility index (Phi) is 7.33. The smallest absolute Gasteiger partial charge is 0.255 e. The number of halogens is 1. The van der Waals surface area contributed by atoms with Gasteiger partial charge in [-0.15, -0.1) is 12.4 Å². The molecule has 1 aliphatic rings. The maximum atomic E-state index is 12.4. The van der Waals surface area contributed by atoms with E-state index in [9.17, 15) is 9.59 Å². The summed E-state index contributed by atoms with van der Waals surface area (Å²) in [7, 11) is 6.56. The van der Waals surface area contributed by atoms with Gasteiger partial charge in [0.1, 0.15) is 5.60 Å². The van der Waals surface area contributed by atoms with E-state index in [0.717, 1.165) is 13.1 Å². The van der Waals surface area contributed by atoms with Crippen molar-refractivity contribution in [1.82, 2.24) is 15.1 Å². The zero-order valence-electron chi connectivity index (χ0n) is 12.1. The number of nitrogens with one attached hydrogen (secondary N) is 1. The van der Waals surface area contributed by atoms with E-state index in [2.05, 4.69) is 5.32 Å². The Morgan fingerprint density at radius 3 is 2.16 bits per heavy atom. The Hall–Kier alpha value is -0.850. The minimum absolute atomic E-state index is 0. The Bertz CT molecular complexity index is 317. The summed E-state index contributed by atoms with van der Waals surface area (Å²) in [6.07, 6.45) is 1.28. The molecule has 2 amide bonds. The van der Waals surface area contributed by atoms with Gasteiger partial charge in [-0.2, -0.15) is 0 Å². The van der Waals surface area contributed by atoms with Crippen molar-refractivity contribution in [2.45, 2.75) is 18.4 Å². The molecule has 0 bridgehead atoms. The van der Waals surface area contributed by atoms with E-state index in [4.69, 9.17) is 4.74 Å². The average Bonchev–Trinajstić information content (AvgIpc) is 2.38. The predicted molar refractivity (Wildman–Crippen MR) is 75.4 cm³/mol. The van der Waals surface area contributed by atoms with E-state index in [1.807, 2.05) is 0 Å². The second kappa shape index (κ2) is 7.67. The molecule has 0 spiro atoms. The molecule has 0 radical (unpaired) electrons.